The molecule has 0 aliphatic heterocycles. The number of hydrogen-bond acceptors (Lipinski definition) is 6. The standard InChI is InChI=1S/C19H12O4S2/c1-11-4-6-12(7-5-11)14-9-13(10-16-17(14)23-19(21)25-16)22-18(20)15-3-2-8-24-15/h2-10H,1H3. The molecule has 0 saturated carbocycles. The van der Waals surface area contributed by atoms with Crippen molar-refractivity contribution >= 4 is 38.9 Å². The van der Waals surface area contributed by atoms with Gasteiger partial charge in [0, 0.05) is 11.6 Å². The average Bonchev–Trinajstić information content (AvgIpc) is 3.23. The van der Waals surface area contributed by atoms with E-state index in [1.807, 2.05) is 36.6 Å². The summed E-state index contributed by atoms with van der Waals surface area (Å²) in [7, 11) is 0. The van der Waals surface area contributed by atoms with Gasteiger partial charge in [0.25, 0.3) is 0 Å². The van der Waals surface area contributed by atoms with E-state index in [9.17, 15) is 9.59 Å². The molecule has 0 atom stereocenters. The topological polar surface area (TPSA) is 56.5 Å². The quantitative estimate of drug-likeness (QED) is 0.372. The number of thiophene rings is 1. The maximum Gasteiger partial charge on any atom is 0.396 e. The first-order valence-electron chi connectivity index (χ1n) is 7.50. The molecule has 124 valence electrons. The molecule has 6 heteroatoms. The van der Waals surface area contributed by atoms with Gasteiger partial charge in [0.2, 0.25) is 0 Å². The van der Waals surface area contributed by atoms with Crippen molar-refractivity contribution in [2.24, 2.45) is 0 Å². The third kappa shape index (κ3) is 3.14. The van der Waals surface area contributed by atoms with Crippen molar-refractivity contribution < 1.29 is 13.9 Å². The minimum absolute atomic E-state index is 0.384. The van der Waals surface area contributed by atoms with Crippen LogP contribution in [0.5, 0.6) is 5.75 Å². The van der Waals surface area contributed by atoms with Gasteiger partial charge in [0.15, 0.2) is 5.58 Å². The molecule has 2 heterocycles. The lowest BCUT2D eigenvalue weighted by Gasteiger charge is -2.07. The monoisotopic (exact) mass is 368 g/mol. The number of rotatable bonds is 3. The van der Waals surface area contributed by atoms with Crippen LogP contribution in [0.15, 0.2) is 63.1 Å². The van der Waals surface area contributed by atoms with E-state index in [-0.39, 0.29) is 4.94 Å². The predicted molar refractivity (Wildman–Crippen MR) is 99.8 cm³/mol. The highest BCUT2D eigenvalue weighted by Crippen LogP contribution is 2.35. The van der Waals surface area contributed by atoms with Crippen LogP contribution in [0.2, 0.25) is 0 Å². The highest BCUT2D eigenvalue weighted by molar-refractivity contribution is 7.16. The third-order valence-corrected chi connectivity index (χ3v) is 5.33. The highest BCUT2D eigenvalue weighted by atomic mass is 32.1. The van der Waals surface area contributed by atoms with E-state index < -0.39 is 5.97 Å². The number of carbonyl (C=O) groups is 1. The number of benzene rings is 2. The van der Waals surface area contributed by atoms with Gasteiger partial charge < -0.3 is 9.15 Å². The summed E-state index contributed by atoms with van der Waals surface area (Å²) in [4.78, 5) is 24.0. The zero-order valence-corrected chi connectivity index (χ0v) is 14.8. The van der Waals surface area contributed by atoms with Gasteiger partial charge in [0.05, 0.1) is 4.70 Å². The second kappa shape index (κ2) is 6.31. The fourth-order valence-corrected chi connectivity index (χ4v) is 3.83. The van der Waals surface area contributed by atoms with E-state index in [2.05, 4.69) is 0 Å². The molecule has 0 spiro atoms. The number of ether oxygens (including phenoxy) is 1. The Labute approximate surface area is 150 Å². The Morgan fingerprint density at radius 1 is 1.12 bits per heavy atom. The van der Waals surface area contributed by atoms with E-state index >= 15 is 0 Å². The Morgan fingerprint density at radius 2 is 1.92 bits per heavy atom. The van der Waals surface area contributed by atoms with Crippen LogP contribution in [-0.4, -0.2) is 5.97 Å². The first-order chi connectivity index (χ1) is 12.1. The van der Waals surface area contributed by atoms with Gasteiger partial charge in [-0.15, -0.1) is 11.3 Å². The Kier molecular flexibility index (Phi) is 3.99. The summed E-state index contributed by atoms with van der Waals surface area (Å²) in [6, 6.07) is 14.8. The molecule has 0 bridgehead atoms. The number of aryl methyl sites for hydroxylation is 1. The Bertz CT molecular complexity index is 1100. The summed E-state index contributed by atoms with van der Waals surface area (Å²) in [5.41, 5.74) is 3.26. The smallest absolute Gasteiger partial charge is 0.396 e. The van der Waals surface area contributed by atoms with Gasteiger partial charge in [0.1, 0.15) is 10.6 Å². The average molecular weight is 368 g/mol. The van der Waals surface area contributed by atoms with Crippen LogP contribution in [0, 0.1) is 6.92 Å². The van der Waals surface area contributed by atoms with Crippen molar-refractivity contribution in [3.63, 3.8) is 0 Å². The van der Waals surface area contributed by atoms with Gasteiger partial charge in [-0.2, -0.15) is 0 Å². The van der Waals surface area contributed by atoms with Crippen LogP contribution in [0.4, 0.5) is 0 Å². The molecule has 0 fully saturated rings. The molecule has 0 unspecified atom stereocenters. The lowest BCUT2D eigenvalue weighted by Crippen LogP contribution is -2.06. The zero-order chi connectivity index (χ0) is 17.4. The largest absolute Gasteiger partial charge is 0.422 e. The van der Waals surface area contributed by atoms with Gasteiger partial charge in [-0.25, -0.2) is 9.59 Å². The molecule has 4 rings (SSSR count). The number of carbonyl (C=O) groups excluding carboxylic acids is 1. The summed E-state index contributed by atoms with van der Waals surface area (Å²) in [5.74, 6) is -0.0291. The summed E-state index contributed by atoms with van der Waals surface area (Å²) in [6.45, 7) is 2.00. The third-order valence-electron chi connectivity index (χ3n) is 3.70. The van der Waals surface area contributed by atoms with Gasteiger partial charge in [-0.05, 0) is 30.0 Å². The molecule has 0 aliphatic carbocycles. The summed E-state index contributed by atoms with van der Waals surface area (Å²) < 4.78 is 11.5. The molecule has 0 N–H and O–H groups in total. The van der Waals surface area contributed by atoms with Crippen LogP contribution < -0.4 is 9.68 Å². The fourth-order valence-electron chi connectivity index (χ4n) is 2.51. The first kappa shape index (κ1) is 15.8. The van der Waals surface area contributed by atoms with E-state index in [0.717, 1.165) is 28.0 Å². The fraction of sp³-hybridized carbons (Fsp3) is 0.0526. The SMILES string of the molecule is Cc1ccc(-c2cc(OC(=O)c3cccs3)cc3sc(=O)oc23)cc1. The Hall–Kier alpha value is -2.70. The second-order valence-corrected chi connectivity index (χ2v) is 7.41. The summed E-state index contributed by atoms with van der Waals surface area (Å²) >= 11 is 2.31. The Balaban J connectivity index is 1.82. The molecule has 0 radical (unpaired) electrons. The van der Waals surface area contributed by atoms with Crippen LogP contribution in [0.3, 0.4) is 0 Å². The maximum absolute atomic E-state index is 12.2. The molecule has 4 aromatic rings. The number of fused-ring (bicyclic) bond motifs is 1. The summed E-state index contributed by atoms with van der Waals surface area (Å²) in [6.07, 6.45) is 0. The second-order valence-electron chi connectivity index (χ2n) is 5.49. The van der Waals surface area contributed by atoms with Crippen molar-refractivity contribution in [1.82, 2.24) is 0 Å². The number of hydrogen-bond donors (Lipinski definition) is 0. The molecular formula is C19H12O4S2. The molecule has 0 amide bonds. The molecule has 4 nitrogen and oxygen atoms in total. The van der Waals surface area contributed by atoms with Gasteiger partial charge in [-0.1, -0.05) is 47.2 Å². The van der Waals surface area contributed by atoms with Crippen LogP contribution in [-0.2, 0) is 0 Å². The van der Waals surface area contributed by atoms with Crippen molar-refractivity contribution in [2.45, 2.75) is 6.92 Å². The molecule has 2 aromatic heterocycles. The zero-order valence-electron chi connectivity index (χ0n) is 13.1. The molecular weight excluding hydrogens is 356 g/mol. The molecule has 0 aliphatic rings. The van der Waals surface area contributed by atoms with E-state index in [1.54, 1.807) is 24.3 Å². The van der Waals surface area contributed by atoms with Gasteiger partial charge >= 0.3 is 10.9 Å². The minimum atomic E-state index is -0.417. The lowest BCUT2D eigenvalue weighted by molar-refractivity contribution is 0.0740. The lowest BCUT2D eigenvalue weighted by atomic mass is 10.0. The highest BCUT2D eigenvalue weighted by Gasteiger charge is 2.16. The summed E-state index contributed by atoms with van der Waals surface area (Å²) in [5, 5.41) is 1.82. The van der Waals surface area contributed by atoms with Gasteiger partial charge in [-0.3, -0.25) is 0 Å². The maximum atomic E-state index is 12.2. The molecule has 0 saturated heterocycles. The molecule has 2 aromatic carbocycles. The number of esters is 1. The normalized spacial score (nSPS) is 10.9. The van der Waals surface area contributed by atoms with E-state index in [1.165, 1.54) is 11.3 Å². The van der Waals surface area contributed by atoms with E-state index in [4.69, 9.17) is 9.15 Å². The van der Waals surface area contributed by atoms with E-state index in [0.29, 0.717) is 20.9 Å². The van der Waals surface area contributed by atoms with Crippen molar-refractivity contribution in [1.29, 1.82) is 0 Å². The molecule has 25 heavy (non-hydrogen) atoms. The van der Waals surface area contributed by atoms with Crippen molar-refractivity contribution in [3.8, 4) is 16.9 Å². The Morgan fingerprint density at radius 3 is 2.64 bits per heavy atom. The van der Waals surface area contributed by atoms with Crippen LogP contribution >= 0.6 is 22.7 Å². The first-order valence-corrected chi connectivity index (χ1v) is 9.20. The predicted octanol–water partition coefficient (Wildman–Crippen LogP) is 5.11. The minimum Gasteiger partial charge on any atom is -0.422 e. The van der Waals surface area contributed by atoms with Crippen LogP contribution in [0.1, 0.15) is 15.2 Å². The van der Waals surface area contributed by atoms with Crippen molar-refractivity contribution in [3.05, 3.63) is 74.1 Å². The van der Waals surface area contributed by atoms with Crippen LogP contribution in [0.25, 0.3) is 21.4 Å². The van der Waals surface area contributed by atoms with Crippen molar-refractivity contribution in [2.75, 3.05) is 0 Å².